The van der Waals surface area contributed by atoms with Crippen molar-refractivity contribution in [2.75, 3.05) is 13.1 Å². The van der Waals surface area contributed by atoms with Crippen molar-refractivity contribution in [3.8, 4) is 0 Å². The quantitative estimate of drug-likeness (QED) is 0.860. The summed E-state index contributed by atoms with van der Waals surface area (Å²) in [6.07, 6.45) is 1.69. The molecule has 0 unspecified atom stereocenters. The first-order chi connectivity index (χ1) is 9.04. The summed E-state index contributed by atoms with van der Waals surface area (Å²) < 4.78 is 13.8. The molecule has 0 spiro atoms. The molecule has 0 heterocycles. The highest BCUT2D eigenvalue weighted by Crippen LogP contribution is 2.17. The molecule has 1 rings (SSSR count). The van der Waals surface area contributed by atoms with Gasteiger partial charge in [0.25, 0.3) is 5.91 Å². The predicted octanol–water partition coefficient (Wildman–Crippen LogP) is 2.72. The molecule has 0 bridgehead atoms. The van der Waals surface area contributed by atoms with Gasteiger partial charge in [0.2, 0.25) is 0 Å². The lowest BCUT2D eigenvalue weighted by Crippen LogP contribution is -2.43. The summed E-state index contributed by atoms with van der Waals surface area (Å²) in [5.74, 6) is -0.732. The third-order valence-electron chi connectivity index (χ3n) is 3.37. The molecule has 106 valence electrons. The molecule has 1 aromatic rings. The van der Waals surface area contributed by atoms with Gasteiger partial charge in [-0.15, -0.1) is 0 Å². The van der Waals surface area contributed by atoms with Gasteiger partial charge >= 0.3 is 0 Å². The summed E-state index contributed by atoms with van der Waals surface area (Å²) >= 11 is 0. The summed E-state index contributed by atoms with van der Waals surface area (Å²) in [5.41, 5.74) is 6.59. The molecular weight excluding hydrogens is 243 g/mol. The van der Waals surface area contributed by atoms with Crippen LogP contribution in [-0.4, -0.2) is 29.9 Å². The monoisotopic (exact) mass is 266 g/mol. The lowest BCUT2D eigenvalue weighted by Gasteiger charge is -2.30. The van der Waals surface area contributed by atoms with Crippen molar-refractivity contribution < 1.29 is 9.18 Å². The zero-order valence-electron chi connectivity index (χ0n) is 11.9. The van der Waals surface area contributed by atoms with Gasteiger partial charge < -0.3 is 10.6 Å². The van der Waals surface area contributed by atoms with Crippen LogP contribution in [0.5, 0.6) is 0 Å². The molecule has 0 saturated heterocycles. The molecule has 3 nitrogen and oxygen atoms in total. The molecule has 0 aliphatic heterocycles. The second-order valence-corrected chi connectivity index (χ2v) is 4.74. The van der Waals surface area contributed by atoms with E-state index in [2.05, 4.69) is 0 Å². The average Bonchev–Trinajstić information content (AvgIpc) is 2.41. The van der Waals surface area contributed by atoms with Crippen LogP contribution in [-0.2, 0) is 0 Å². The van der Waals surface area contributed by atoms with Crippen LogP contribution in [0.25, 0.3) is 0 Å². The van der Waals surface area contributed by atoms with E-state index in [0.717, 1.165) is 18.4 Å². The van der Waals surface area contributed by atoms with Crippen molar-refractivity contribution in [1.82, 2.24) is 4.90 Å². The molecule has 19 heavy (non-hydrogen) atoms. The zero-order valence-corrected chi connectivity index (χ0v) is 11.9. The number of hydrogen-bond donors (Lipinski definition) is 1. The van der Waals surface area contributed by atoms with E-state index in [1.54, 1.807) is 17.0 Å². The molecule has 0 aliphatic carbocycles. The van der Waals surface area contributed by atoms with Crippen LogP contribution in [0.4, 0.5) is 4.39 Å². The Kier molecular flexibility index (Phi) is 5.96. The van der Waals surface area contributed by atoms with Gasteiger partial charge in [0.05, 0.1) is 5.56 Å². The van der Waals surface area contributed by atoms with Crippen LogP contribution >= 0.6 is 0 Å². The van der Waals surface area contributed by atoms with Gasteiger partial charge in [-0.25, -0.2) is 4.39 Å². The first-order valence-electron chi connectivity index (χ1n) is 6.82. The number of nitrogens with zero attached hydrogens (tertiary/aromatic N) is 1. The van der Waals surface area contributed by atoms with Crippen LogP contribution in [0, 0.1) is 12.7 Å². The SMILES string of the molecule is CCC(CC)N(CCN)C(=O)c1cc(C)ccc1F. The molecule has 0 fully saturated rings. The maximum atomic E-state index is 13.8. The standard InChI is InChI=1S/C15H23FN2O/c1-4-12(5-2)18(9-8-17)15(19)13-10-11(3)6-7-14(13)16/h6-7,10,12H,4-5,8-9,17H2,1-3H3. The maximum Gasteiger partial charge on any atom is 0.257 e. The van der Waals surface area contributed by atoms with Gasteiger partial charge in [0, 0.05) is 19.1 Å². The van der Waals surface area contributed by atoms with Crippen LogP contribution < -0.4 is 5.73 Å². The average molecular weight is 266 g/mol. The van der Waals surface area contributed by atoms with Crippen LogP contribution in [0.15, 0.2) is 18.2 Å². The molecule has 0 atom stereocenters. The number of carbonyl (C=O) groups is 1. The summed E-state index contributed by atoms with van der Waals surface area (Å²) in [7, 11) is 0. The van der Waals surface area contributed by atoms with Gasteiger partial charge in [-0.1, -0.05) is 25.5 Å². The zero-order chi connectivity index (χ0) is 14.4. The Bertz CT molecular complexity index is 430. The number of amides is 1. The molecule has 0 radical (unpaired) electrons. The Morgan fingerprint density at radius 2 is 2.00 bits per heavy atom. The normalized spacial score (nSPS) is 10.8. The van der Waals surface area contributed by atoms with E-state index >= 15 is 0 Å². The second kappa shape index (κ2) is 7.24. The Balaban J connectivity index is 3.08. The molecule has 0 saturated carbocycles. The minimum atomic E-state index is -0.469. The van der Waals surface area contributed by atoms with Gasteiger partial charge in [-0.05, 0) is 31.9 Å². The number of carbonyl (C=O) groups excluding carboxylic acids is 1. The lowest BCUT2D eigenvalue weighted by molar-refractivity contribution is 0.0669. The Morgan fingerprint density at radius 3 is 2.53 bits per heavy atom. The molecule has 1 amide bonds. The molecule has 1 aromatic carbocycles. The number of hydrogen-bond acceptors (Lipinski definition) is 2. The smallest absolute Gasteiger partial charge is 0.257 e. The fourth-order valence-electron chi connectivity index (χ4n) is 2.28. The topological polar surface area (TPSA) is 46.3 Å². The van der Waals surface area contributed by atoms with E-state index in [-0.39, 0.29) is 17.5 Å². The van der Waals surface area contributed by atoms with Gasteiger partial charge in [0.1, 0.15) is 5.82 Å². The Hall–Kier alpha value is -1.42. The van der Waals surface area contributed by atoms with E-state index in [1.807, 2.05) is 20.8 Å². The fraction of sp³-hybridized carbons (Fsp3) is 0.533. The Labute approximate surface area is 114 Å². The van der Waals surface area contributed by atoms with Gasteiger partial charge in [0.15, 0.2) is 0 Å². The molecule has 4 heteroatoms. The van der Waals surface area contributed by atoms with Crippen molar-refractivity contribution >= 4 is 5.91 Å². The molecule has 0 aromatic heterocycles. The lowest BCUT2D eigenvalue weighted by atomic mass is 10.1. The van der Waals surface area contributed by atoms with Crippen molar-refractivity contribution in [2.45, 2.75) is 39.7 Å². The van der Waals surface area contributed by atoms with E-state index in [1.165, 1.54) is 6.07 Å². The Morgan fingerprint density at radius 1 is 1.37 bits per heavy atom. The fourth-order valence-corrected chi connectivity index (χ4v) is 2.28. The van der Waals surface area contributed by atoms with Gasteiger partial charge in [-0.3, -0.25) is 4.79 Å². The number of nitrogens with two attached hydrogens (primary N) is 1. The van der Waals surface area contributed by atoms with E-state index in [9.17, 15) is 9.18 Å². The molecular formula is C15H23FN2O. The number of benzene rings is 1. The van der Waals surface area contributed by atoms with Crippen molar-refractivity contribution in [3.05, 3.63) is 35.1 Å². The molecule has 2 N–H and O–H groups in total. The van der Waals surface area contributed by atoms with Crippen molar-refractivity contribution in [3.63, 3.8) is 0 Å². The van der Waals surface area contributed by atoms with E-state index in [4.69, 9.17) is 5.73 Å². The summed E-state index contributed by atoms with van der Waals surface area (Å²) in [6.45, 7) is 6.74. The van der Waals surface area contributed by atoms with Crippen LogP contribution in [0.2, 0.25) is 0 Å². The first-order valence-corrected chi connectivity index (χ1v) is 6.82. The molecule has 0 aliphatic rings. The summed E-state index contributed by atoms with van der Waals surface area (Å²) in [4.78, 5) is 14.2. The van der Waals surface area contributed by atoms with Gasteiger partial charge in [-0.2, -0.15) is 0 Å². The summed E-state index contributed by atoms with van der Waals surface area (Å²) in [5, 5.41) is 0. The van der Waals surface area contributed by atoms with Crippen LogP contribution in [0.1, 0.15) is 42.6 Å². The van der Waals surface area contributed by atoms with Crippen LogP contribution in [0.3, 0.4) is 0 Å². The van der Waals surface area contributed by atoms with Crippen molar-refractivity contribution in [1.29, 1.82) is 0 Å². The van der Waals surface area contributed by atoms with E-state index in [0.29, 0.717) is 13.1 Å². The summed E-state index contributed by atoms with van der Waals surface area (Å²) in [6, 6.07) is 4.71. The number of aryl methyl sites for hydroxylation is 1. The highest BCUT2D eigenvalue weighted by atomic mass is 19.1. The first kappa shape index (κ1) is 15.6. The maximum absolute atomic E-state index is 13.8. The number of rotatable bonds is 6. The largest absolute Gasteiger partial charge is 0.334 e. The number of halogens is 1. The predicted molar refractivity (Wildman–Crippen MR) is 75.6 cm³/mol. The third kappa shape index (κ3) is 3.77. The minimum absolute atomic E-state index is 0.107. The highest BCUT2D eigenvalue weighted by Gasteiger charge is 2.23. The van der Waals surface area contributed by atoms with E-state index < -0.39 is 5.82 Å². The highest BCUT2D eigenvalue weighted by molar-refractivity contribution is 5.95. The minimum Gasteiger partial charge on any atom is -0.334 e. The third-order valence-corrected chi connectivity index (χ3v) is 3.37. The van der Waals surface area contributed by atoms with Crippen molar-refractivity contribution in [2.24, 2.45) is 5.73 Å². The second-order valence-electron chi connectivity index (χ2n) is 4.74.